The molecule has 0 saturated carbocycles. The Kier molecular flexibility index (Phi) is 9.79. The summed E-state index contributed by atoms with van der Waals surface area (Å²) in [5.74, 6) is 0. The molecule has 0 bridgehead atoms. The van der Waals surface area contributed by atoms with Crippen molar-refractivity contribution < 1.29 is 18.7 Å². The molecule has 1 heterocycles. The van der Waals surface area contributed by atoms with Crippen LogP contribution in [0.2, 0.25) is 23.5 Å². The first-order valence-corrected chi connectivity index (χ1v) is 17.2. The van der Waals surface area contributed by atoms with Crippen LogP contribution in [0.25, 0.3) is 0 Å². The summed E-state index contributed by atoms with van der Waals surface area (Å²) in [4.78, 5) is 15.3. The number of benzene rings is 2. The molecule has 3 rings (SSSR count). The topological polar surface area (TPSA) is 48.0 Å². The van der Waals surface area contributed by atoms with E-state index in [9.17, 15) is 4.79 Å². The molecule has 1 saturated heterocycles. The normalized spacial score (nSPS) is 20.9. The Morgan fingerprint density at radius 1 is 1.14 bits per heavy atom. The molecule has 1 aliphatic heterocycles. The molecule has 7 heteroatoms. The van der Waals surface area contributed by atoms with Crippen molar-refractivity contribution in [2.75, 3.05) is 6.61 Å². The molecule has 0 aromatic heterocycles. The molecule has 0 radical (unpaired) electrons. The second-order valence-electron chi connectivity index (χ2n) is 10.4. The van der Waals surface area contributed by atoms with Crippen LogP contribution >= 0.6 is 0 Å². The molecule has 0 aliphatic carbocycles. The summed E-state index contributed by atoms with van der Waals surface area (Å²) in [7, 11) is -1.99. The molecule has 1 unspecified atom stereocenters. The van der Waals surface area contributed by atoms with E-state index in [4.69, 9.17) is 13.9 Å². The van der Waals surface area contributed by atoms with Crippen LogP contribution in [0.1, 0.15) is 32.8 Å². The second kappa shape index (κ2) is 12.4. The van der Waals surface area contributed by atoms with E-state index >= 15 is 0 Å². The molecule has 1 aliphatic rings. The number of hydrogen-bond donors (Lipinski definition) is 0. The molecule has 0 N–H and O–H groups in total. The van der Waals surface area contributed by atoms with Crippen LogP contribution in [0.3, 0.4) is 0 Å². The van der Waals surface area contributed by atoms with Crippen LogP contribution in [-0.2, 0) is 20.5 Å². The van der Waals surface area contributed by atoms with Crippen LogP contribution in [0.4, 0.5) is 4.79 Å². The van der Waals surface area contributed by atoms with Gasteiger partial charge in [-0.3, -0.25) is 0 Å². The molecule has 2 aromatic rings. The van der Waals surface area contributed by atoms with Crippen molar-refractivity contribution in [3.63, 3.8) is 0 Å². The summed E-state index contributed by atoms with van der Waals surface area (Å²) in [6, 6.07) is 20.0. The summed E-state index contributed by atoms with van der Waals surface area (Å²) in [5, 5.41) is 0.822. The Bertz CT molecular complexity index is 948. The number of rotatable bonds is 9. The first kappa shape index (κ1) is 27.7. The Labute approximate surface area is 218 Å². The second-order valence-corrected chi connectivity index (χ2v) is 17.5. The van der Waals surface area contributed by atoms with Gasteiger partial charge in [-0.1, -0.05) is 0 Å². The Balaban J connectivity index is 1.80. The Morgan fingerprint density at radius 2 is 1.77 bits per heavy atom. The van der Waals surface area contributed by atoms with Gasteiger partial charge in [-0.25, -0.2) is 0 Å². The molecular weight excluding hydrogens is 521 g/mol. The molecule has 0 spiro atoms. The number of carbonyl (C=O) groups excluding carboxylic acids is 1. The van der Waals surface area contributed by atoms with Gasteiger partial charge < -0.3 is 0 Å². The predicted molar refractivity (Wildman–Crippen MR) is 146 cm³/mol. The van der Waals surface area contributed by atoms with Crippen molar-refractivity contribution in [1.29, 1.82) is 0 Å². The third kappa shape index (κ3) is 7.79. The quantitative estimate of drug-likeness (QED) is 0.289. The van der Waals surface area contributed by atoms with Crippen LogP contribution < -0.4 is 4.46 Å². The van der Waals surface area contributed by atoms with Gasteiger partial charge in [0, 0.05) is 0 Å². The first-order chi connectivity index (χ1) is 16.6. The van der Waals surface area contributed by atoms with E-state index in [0.717, 1.165) is 10.9 Å². The SMILES string of the molecule is C=C[C@@H]1C[C@@H](CO[Si](C)(C)C(C)(C)C)N(C(=O)OCc2ccccc2)C(C[Se]c2ccccc2)O1. The van der Waals surface area contributed by atoms with Crippen LogP contribution in [0.5, 0.6) is 0 Å². The predicted octanol–water partition coefficient (Wildman–Crippen LogP) is 5.76. The van der Waals surface area contributed by atoms with E-state index in [1.807, 2.05) is 54.6 Å². The molecule has 5 nitrogen and oxygen atoms in total. The van der Waals surface area contributed by atoms with Gasteiger partial charge in [-0.05, 0) is 0 Å². The zero-order valence-electron chi connectivity index (χ0n) is 21.6. The number of amides is 1. The summed E-state index contributed by atoms with van der Waals surface area (Å²) >= 11 is 0.151. The van der Waals surface area contributed by atoms with E-state index in [1.54, 1.807) is 4.90 Å². The van der Waals surface area contributed by atoms with Crippen LogP contribution in [0, 0.1) is 0 Å². The molecule has 3 atom stereocenters. The number of ether oxygens (including phenoxy) is 2. The van der Waals surface area contributed by atoms with Crippen molar-refractivity contribution in [1.82, 2.24) is 4.90 Å². The number of nitrogens with zero attached hydrogens (tertiary/aromatic N) is 1. The van der Waals surface area contributed by atoms with Crippen LogP contribution in [0.15, 0.2) is 73.3 Å². The summed E-state index contributed by atoms with van der Waals surface area (Å²) < 4.78 is 20.0. The fraction of sp³-hybridized carbons (Fsp3) is 0.464. The molecule has 190 valence electrons. The van der Waals surface area contributed by atoms with Gasteiger partial charge in [0.05, 0.1) is 0 Å². The van der Waals surface area contributed by atoms with Gasteiger partial charge in [0.2, 0.25) is 0 Å². The van der Waals surface area contributed by atoms with E-state index in [-0.39, 0.29) is 51.1 Å². The van der Waals surface area contributed by atoms with Crippen LogP contribution in [-0.4, -0.2) is 59.2 Å². The summed E-state index contributed by atoms with van der Waals surface area (Å²) in [6.45, 7) is 15.8. The first-order valence-electron chi connectivity index (χ1n) is 12.2. The maximum atomic E-state index is 13.5. The standard InChI is InChI=1S/C28H39NO4SeSi/c1-7-24-18-23(20-32-35(5,6)28(2,3)4)29(27(30)31-19-22-14-10-8-11-15-22)26(33-24)21-34-25-16-12-9-13-17-25/h7-17,23-24,26H,1,18-21H2,2-6H3/t23-,24+,26?/m0/s1. The van der Waals surface area contributed by atoms with Gasteiger partial charge in [-0.2, -0.15) is 0 Å². The Morgan fingerprint density at radius 3 is 2.37 bits per heavy atom. The maximum absolute atomic E-state index is 13.5. The fourth-order valence-electron chi connectivity index (χ4n) is 3.63. The van der Waals surface area contributed by atoms with Gasteiger partial charge in [-0.15, -0.1) is 0 Å². The van der Waals surface area contributed by atoms with Crippen molar-refractivity contribution >= 4 is 33.8 Å². The minimum absolute atomic E-state index is 0.0878. The summed E-state index contributed by atoms with van der Waals surface area (Å²) in [5.41, 5.74) is 0.960. The van der Waals surface area contributed by atoms with Crippen molar-refractivity contribution in [3.05, 3.63) is 78.9 Å². The fourth-order valence-corrected chi connectivity index (χ4v) is 6.61. The monoisotopic (exact) mass is 561 g/mol. The average Bonchev–Trinajstić information content (AvgIpc) is 2.85. The third-order valence-electron chi connectivity index (χ3n) is 6.80. The van der Waals surface area contributed by atoms with E-state index < -0.39 is 8.32 Å². The van der Waals surface area contributed by atoms with Crippen molar-refractivity contribution in [2.24, 2.45) is 0 Å². The van der Waals surface area contributed by atoms with Crippen molar-refractivity contribution in [3.8, 4) is 0 Å². The molecule has 1 amide bonds. The van der Waals surface area contributed by atoms with Gasteiger partial charge in [0.15, 0.2) is 0 Å². The number of carbonyl (C=O) groups is 1. The molecule has 1 fully saturated rings. The van der Waals surface area contributed by atoms with Gasteiger partial charge in [0.25, 0.3) is 0 Å². The molecular formula is C28H39NO4SeSi. The van der Waals surface area contributed by atoms with E-state index in [2.05, 4.69) is 52.6 Å². The van der Waals surface area contributed by atoms with E-state index in [1.165, 1.54) is 4.46 Å². The summed E-state index contributed by atoms with van der Waals surface area (Å²) in [6.07, 6.45) is 1.62. The molecule has 2 aromatic carbocycles. The zero-order valence-corrected chi connectivity index (χ0v) is 24.3. The van der Waals surface area contributed by atoms with Gasteiger partial charge >= 0.3 is 219 Å². The van der Waals surface area contributed by atoms with E-state index in [0.29, 0.717) is 13.0 Å². The van der Waals surface area contributed by atoms with Crippen molar-refractivity contribution in [2.45, 2.75) is 75.6 Å². The Hall–Kier alpha value is -1.89. The zero-order chi connectivity index (χ0) is 25.5. The molecule has 35 heavy (non-hydrogen) atoms. The minimum atomic E-state index is -1.99. The van der Waals surface area contributed by atoms with Gasteiger partial charge in [0.1, 0.15) is 0 Å². The average molecular weight is 561 g/mol. The third-order valence-corrected chi connectivity index (χ3v) is 13.5. The number of hydrogen-bond acceptors (Lipinski definition) is 4.